The van der Waals surface area contributed by atoms with Crippen molar-refractivity contribution in [3.63, 3.8) is 0 Å². The molecule has 0 amide bonds. The predicted molar refractivity (Wildman–Crippen MR) is 82.6 cm³/mol. The van der Waals surface area contributed by atoms with Gasteiger partial charge in [-0.15, -0.1) is 0 Å². The molecule has 0 radical (unpaired) electrons. The standard InChI is InChI=1S/C16H31N3/c1-6-10-17-11-7-8-16-14(4)18-19(15(16)5)12-9-13(2)3/h13,17H,6-12H2,1-5H3. The SMILES string of the molecule is CCCNCCCc1c(C)nn(CCC(C)C)c1C. The lowest BCUT2D eigenvalue weighted by atomic mass is 10.1. The first-order valence-corrected chi connectivity index (χ1v) is 7.79. The Labute approximate surface area is 118 Å². The van der Waals surface area contributed by atoms with Crippen LogP contribution in [-0.2, 0) is 13.0 Å². The van der Waals surface area contributed by atoms with Gasteiger partial charge in [0, 0.05) is 12.2 Å². The van der Waals surface area contributed by atoms with E-state index in [1.54, 1.807) is 0 Å². The number of aromatic nitrogens is 2. The molecular weight excluding hydrogens is 234 g/mol. The Kier molecular flexibility index (Phi) is 7.14. The second-order valence-electron chi connectivity index (χ2n) is 5.91. The monoisotopic (exact) mass is 265 g/mol. The van der Waals surface area contributed by atoms with Gasteiger partial charge in [-0.05, 0) is 64.1 Å². The van der Waals surface area contributed by atoms with Gasteiger partial charge >= 0.3 is 0 Å². The molecule has 0 fully saturated rings. The Morgan fingerprint density at radius 1 is 1.21 bits per heavy atom. The molecule has 1 aromatic heterocycles. The largest absolute Gasteiger partial charge is 0.317 e. The number of nitrogens with zero attached hydrogens (tertiary/aromatic N) is 2. The van der Waals surface area contributed by atoms with Gasteiger partial charge in [0.05, 0.1) is 5.69 Å². The summed E-state index contributed by atoms with van der Waals surface area (Å²) in [6.45, 7) is 14.4. The van der Waals surface area contributed by atoms with Crippen molar-refractivity contribution in [1.29, 1.82) is 0 Å². The molecule has 3 nitrogen and oxygen atoms in total. The van der Waals surface area contributed by atoms with Crippen LogP contribution in [0.2, 0.25) is 0 Å². The van der Waals surface area contributed by atoms with Crippen molar-refractivity contribution in [1.82, 2.24) is 15.1 Å². The van der Waals surface area contributed by atoms with E-state index in [4.69, 9.17) is 5.10 Å². The minimum atomic E-state index is 0.741. The second kappa shape index (κ2) is 8.36. The third-order valence-corrected chi connectivity index (χ3v) is 3.66. The highest BCUT2D eigenvalue weighted by Gasteiger charge is 2.11. The molecule has 3 heteroatoms. The molecule has 19 heavy (non-hydrogen) atoms. The first kappa shape index (κ1) is 16.2. The topological polar surface area (TPSA) is 29.9 Å². The highest BCUT2D eigenvalue weighted by Crippen LogP contribution is 2.16. The summed E-state index contributed by atoms with van der Waals surface area (Å²) in [7, 11) is 0. The molecule has 0 aliphatic heterocycles. The molecule has 1 rings (SSSR count). The molecule has 1 N–H and O–H groups in total. The van der Waals surface area contributed by atoms with Crippen molar-refractivity contribution in [2.75, 3.05) is 13.1 Å². The maximum absolute atomic E-state index is 4.69. The van der Waals surface area contributed by atoms with Gasteiger partial charge in [0.2, 0.25) is 0 Å². The minimum Gasteiger partial charge on any atom is -0.317 e. The zero-order valence-corrected chi connectivity index (χ0v) is 13.4. The summed E-state index contributed by atoms with van der Waals surface area (Å²) in [5, 5.41) is 8.16. The van der Waals surface area contributed by atoms with Crippen LogP contribution in [0.25, 0.3) is 0 Å². The molecule has 0 saturated carbocycles. The molecule has 0 aliphatic rings. The predicted octanol–water partition coefficient (Wildman–Crippen LogP) is 3.48. The molecule has 0 aromatic carbocycles. The van der Waals surface area contributed by atoms with Crippen LogP contribution in [-0.4, -0.2) is 22.9 Å². The molecule has 0 aliphatic carbocycles. The summed E-state index contributed by atoms with van der Waals surface area (Å²) in [5.74, 6) is 0.741. The van der Waals surface area contributed by atoms with E-state index in [2.05, 4.69) is 44.6 Å². The van der Waals surface area contributed by atoms with E-state index in [0.29, 0.717) is 0 Å². The molecule has 0 bridgehead atoms. The molecule has 1 heterocycles. The van der Waals surface area contributed by atoms with Crippen LogP contribution >= 0.6 is 0 Å². The van der Waals surface area contributed by atoms with E-state index in [1.807, 2.05) is 0 Å². The smallest absolute Gasteiger partial charge is 0.0628 e. The third kappa shape index (κ3) is 5.35. The van der Waals surface area contributed by atoms with Gasteiger partial charge in [-0.2, -0.15) is 5.10 Å². The van der Waals surface area contributed by atoms with E-state index >= 15 is 0 Å². The zero-order valence-electron chi connectivity index (χ0n) is 13.4. The van der Waals surface area contributed by atoms with Crippen LogP contribution in [0.4, 0.5) is 0 Å². The number of rotatable bonds is 9. The summed E-state index contributed by atoms with van der Waals surface area (Å²) in [5.41, 5.74) is 4.05. The summed E-state index contributed by atoms with van der Waals surface area (Å²) < 4.78 is 2.20. The van der Waals surface area contributed by atoms with Gasteiger partial charge in [0.1, 0.15) is 0 Å². The van der Waals surface area contributed by atoms with Gasteiger partial charge in [0.25, 0.3) is 0 Å². The first-order chi connectivity index (χ1) is 9.06. The van der Waals surface area contributed by atoms with Gasteiger partial charge in [-0.1, -0.05) is 20.8 Å². The normalized spacial score (nSPS) is 11.5. The Balaban J connectivity index is 2.49. The fourth-order valence-corrected chi connectivity index (χ4v) is 2.39. The number of nitrogens with one attached hydrogen (secondary N) is 1. The quantitative estimate of drug-likeness (QED) is 0.693. The van der Waals surface area contributed by atoms with Gasteiger partial charge in [-0.3, -0.25) is 4.68 Å². The number of aryl methyl sites for hydroxylation is 2. The average molecular weight is 265 g/mol. The molecule has 0 saturated heterocycles. The van der Waals surface area contributed by atoms with E-state index in [0.717, 1.165) is 32.0 Å². The van der Waals surface area contributed by atoms with Gasteiger partial charge in [-0.25, -0.2) is 0 Å². The van der Waals surface area contributed by atoms with Crippen molar-refractivity contribution < 1.29 is 0 Å². The van der Waals surface area contributed by atoms with E-state index in [-0.39, 0.29) is 0 Å². The molecule has 0 spiro atoms. The third-order valence-electron chi connectivity index (χ3n) is 3.66. The Morgan fingerprint density at radius 3 is 2.58 bits per heavy atom. The average Bonchev–Trinajstić information content (AvgIpc) is 2.63. The van der Waals surface area contributed by atoms with Crippen molar-refractivity contribution in [3.8, 4) is 0 Å². The number of hydrogen-bond donors (Lipinski definition) is 1. The van der Waals surface area contributed by atoms with E-state index < -0.39 is 0 Å². The Bertz CT molecular complexity index is 366. The molecule has 1 aromatic rings. The first-order valence-electron chi connectivity index (χ1n) is 7.79. The van der Waals surface area contributed by atoms with Crippen molar-refractivity contribution >= 4 is 0 Å². The van der Waals surface area contributed by atoms with Crippen molar-refractivity contribution in [3.05, 3.63) is 17.0 Å². The van der Waals surface area contributed by atoms with Crippen molar-refractivity contribution in [2.45, 2.75) is 66.8 Å². The summed E-state index contributed by atoms with van der Waals surface area (Å²) in [6.07, 6.45) is 4.78. The fourth-order valence-electron chi connectivity index (χ4n) is 2.39. The van der Waals surface area contributed by atoms with Crippen LogP contribution in [0, 0.1) is 19.8 Å². The molecule has 110 valence electrons. The number of hydrogen-bond acceptors (Lipinski definition) is 2. The highest BCUT2D eigenvalue weighted by atomic mass is 15.3. The summed E-state index contributed by atoms with van der Waals surface area (Å²) in [6, 6.07) is 0. The Hall–Kier alpha value is -0.830. The lowest BCUT2D eigenvalue weighted by Crippen LogP contribution is -2.16. The van der Waals surface area contributed by atoms with Gasteiger partial charge < -0.3 is 5.32 Å². The lowest BCUT2D eigenvalue weighted by molar-refractivity contribution is 0.478. The van der Waals surface area contributed by atoms with Gasteiger partial charge in [0.15, 0.2) is 0 Å². The maximum Gasteiger partial charge on any atom is 0.0628 e. The Morgan fingerprint density at radius 2 is 1.95 bits per heavy atom. The van der Waals surface area contributed by atoms with Crippen LogP contribution in [0.5, 0.6) is 0 Å². The van der Waals surface area contributed by atoms with E-state index in [1.165, 1.54) is 36.2 Å². The summed E-state index contributed by atoms with van der Waals surface area (Å²) in [4.78, 5) is 0. The second-order valence-corrected chi connectivity index (χ2v) is 5.91. The maximum atomic E-state index is 4.69. The fraction of sp³-hybridized carbons (Fsp3) is 0.812. The zero-order chi connectivity index (χ0) is 14.3. The van der Waals surface area contributed by atoms with Crippen LogP contribution in [0.1, 0.15) is 57.0 Å². The van der Waals surface area contributed by atoms with Crippen LogP contribution < -0.4 is 5.32 Å². The van der Waals surface area contributed by atoms with Crippen LogP contribution in [0.3, 0.4) is 0 Å². The minimum absolute atomic E-state index is 0.741. The molecular formula is C16H31N3. The lowest BCUT2D eigenvalue weighted by Gasteiger charge is -2.08. The van der Waals surface area contributed by atoms with Crippen molar-refractivity contribution in [2.24, 2.45) is 5.92 Å². The molecule has 0 atom stereocenters. The summed E-state index contributed by atoms with van der Waals surface area (Å²) >= 11 is 0. The highest BCUT2D eigenvalue weighted by molar-refractivity contribution is 5.24. The van der Waals surface area contributed by atoms with E-state index in [9.17, 15) is 0 Å². The van der Waals surface area contributed by atoms with Crippen LogP contribution in [0.15, 0.2) is 0 Å². The molecule has 0 unspecified atom stereocenters.